The van der Waals surface area contributed by atoms with E-state index in [1.807, 2.05) is 0 Å². The van der Waals surface area contributed by atoms with E-state index in [9.17, 15) is 20.1 Å². The van der Waals surface area contributed by atoms with E-state index in [-0.39, 0.29) is 28.4 Å². The number of benzene rings is 2. The van der Waals surface area contributed by atoms with Gasteiger partial charge in [-0.25, -0.2) is 0 Å². The normalized spacial score (nSPS) is 10.9. The van der Waals surface area contributed by atoms with Crippen LogP contribution >= 0.6 is 0 Å². The molecule has 21 heavy (non-hydrogen) atoms. The number of carbonyl (C=O) groups excluding carboxylic acids is 1. The maximum absolute atomic E-state index is 11.9. The molecule has 5 N–H and O–H groups in total. The van der Waals surface area contributed by atoms with Crippen LogP contribution in [0.15, 0.2) is 36.4 Å². The topological polar surface area (TPSA) is 118 Å². The average molecular weight is 288 g/mol. The monoisotopic (exact) mass is 288 g/mol. The molecule has 6 nitrogen and oxygen atoms in total. The second-order valence-electron chi connectivity index (χ2n) is 4.30. The lowest BCUT2D eigenvalue weighted by molar-refractivity contribution is 0.104. The molecule has 0 aliphatic rings. The maximum atomic E-state index is 11.9. The molecule has 0 atom stereocenters. The van der Waals surface area contributed by atoms with Crippen molar-refractivity contribution in [1.29, 1.82) is 0 Å². The standard InChI is InChI=1S/C15H12O6/c16-8-1-2-10(13(19)5-8)12(18)4-3-11-14(20)6-9(17)7-15(11)21/h1-7,16-17,19-21H. The van der Waals surface area contributed by atoms with Gasteiger partial charge in [0.1, 0.15) is 28.7 Å². The van der Waals surface area contributed by atoms with Crippen molar-refractivity contribution in [3.05, 3.63) is 47.5 Å². The maximum Gasteiger partial charge on any atom is 0.189 e. The van der Waals surface area contributed by atoms with Gasteiger partial charge >= 0.3 is 0 Å². The Morgan fingerprint density at radius 3 is 1.95 bits per heavy atom. The first kappa shape index (κ1) is 14.3. The Morgan fingerprint density at radius 1 is 0.810 bits per heavy atom. The first-order chi connectivity index (χ1) is 9.88. The van der Waals surface area contributed by atoms with Crippen molar-refractivity contribution in [3.63, 3.8) is 0 Å². The summed E-state index contributed by atoms with van der Waals surface area (Å²) >= 11 is 0. The predicted molar refractivity (Wildman–Crippen MR) is 74.6 cm³/mol. The highest BCUT2D eigenvalue weighted by molar-refractivity contribution is 6.08. The molecule has 0 unspecified atom stereocenters. The fourth-order valence-electron chi connectivity index (χ4n) is 1.76. The summed E-state index contributed by atoms with van der Waals surface area (Å²) in [6, 6.07) is 5.55. The molecule has 0 aromatic heterocycles. The highest BCUT2D eigenvalue weighted by Crippen LogP contribution is 2.33. The number of allylic oxidation sites excluding steroid dienone is 1. The summed E-state index contributed by atoms with van der Waals surface area (Å²) in [5, 5.41) is 47.0. The van der Waals surface area contributed by atoms with Gasteiger partial charge in [-0.05, 0) is 24.3 Å². The zero-order valence-electron chi connectivity index (χ0n) is 10.7. The van der Waals surface area contributed by atoms with Crippen LogP contribution in [-0.4, -0.2) is 31.3 Å². The minimum Gasteiger partial charge on any atom is -0.508 e. The van der Waals surface area contributed by atoms with Crippen molar-refractivity contribution in [2.75, 3.05) is 0 Å². The van der Waals surface area contributed by atoms with Crippen LogP contribution < -0.4 is 0 Å². The minimum atomic E-state index is -0.584. The van der Waals surface area contributed by atoms with Crippen molar-refractivity contribution in [3.8, 4) is 28.7 Å². The molecule has 0 amide bonds. The van der Waals surface area contributed by atoms with Crippen molar-refractivity contribution in [2.45, 2.75) is 0 Å². The molecule has 2 aromatic rings. The van der Waals surface area contributed by atoms with Gasteiger partial charge in [-0.1, -0.05) is 0 Å². The van der Waals surface area contributed by atoms with E-state index >= 15 is 0 Å². The van der Waals surface area contributed by atoms with Gasteiger partial charge in [0.25, 0.3) is 0 Å². The summed E-state index contributed by atoms with van der Waals surface area (Å²) in [5.74, 6) is -2.26. The molecule has 0 radical (unpaired) electrons. The molecule has 0 spiro atoms. The van der Waals surface area contributed by atoms with Crippen LogP contribution in [0.4, 0.5) is 0 Å². The first-order valence-corrected chi connectivity index (χ1v) is 5.88. The summed E-state index contributed by atoms with van der Waals surface area (Å²) in [5.41, 5.74) is -0.0822. The molecule has 0 bridgehead atoms. The SMILES string of the molecule is O=C(C=Cc1c(O)cc(O)cc1O)c1ccc(O)cc1O. The summed E-state index contributed by atoms with van der Waals surface area (Å²) in [7, 11) is 0. The van der Waals surface area contributed by atoms with Gasteiger partial charge in [-0.3, -0.25) is 4.79 Å². The molecule has 0 heterocycles. The van der Waals surface area contributed by atoms with Crippen LogP contribution in [0.2, 0.25) is 0 Å². The number of ketones is 1. The highest BCUT2D eigenvalue weighted by Gasteiger charge is 2.11. The third-order valence-corrected chi connectivity index (χ3v) is 2.77. The fourth-order valence-corrected chi connectivity index (χ4v) is 1.76. The summed E-state index contributed by atoms with van der Waals surface area (Å²) in [6.45, 7) is 0. The predicted octanol–water partition coefficient (Wildman–Crippen LogP) is 2.11. The second kappa shape index (κ2) is 5.46. The van der Waals surface area contributed by atoms with Crippen molar-refractivity contribution in [2.24, 2.45) is 0 Å². The van der Waals surface area contributed by atoms with Crippen molar-refractivity contribution < 1.29 is 30.3 Å². The van der Waals surface area contributed by atoms with E-state index in [2.05, 4.69) is 0 Å². The van der Waals surface area contributed by atoms with E-state index in [0.29, 0.717) is 0 Å². The van der Waals surface area contributed by atoms with Gasteiger partial charge in [0.2, 0.25) is 0 Å². The summed E-state index contributed by atoms with van der Waals surface area (Å²) in [6.07, 6.45) is 2.19. The smallest absolute Gasteiger partial charge is 0.189 e. The number of hydrogen-bond acceptors (Lipinski definition) is 6. The lowest BCUT2D eigenvalue weighted by atomic mass is 10.1. The second-order valence-corrected chi connectivity index (χ2v) is 4.30. The molecule has 6 heteroatoms. The Kier molecular flexibility index (Phi) is 3.71. The van der Waals surface area contributed by atoms with Gasteiger partial charge in [-0.15, -0.1) is 0 Å². The molecule has 108 valence electrons. The first-order valence-electron chi connectivity index (χ1n) is 5.88. The van der Waals surface area contributed by atoms with Gasteiger partial charge in [-0.2, -0.15) is 0 Å². The lowest BCUT2D eigenvalue weighted by Gasteiger charge is -2.04. The van der Waals surface area contributed by atoms with Gasteiger partial charge in [0.05, 0.1) is 11.1 Å². The molecule has 0 saturated carbocycles. The van der Waals surface area contributed by atoms with E-state index in [4.69, 9.17) is 10.2 Å². The number of hydrogen-bond donors (Lipinski definition) is 5. The molecular formula is C15H12O6. The third kappa shape index (κ3) is 3.06. The van der Waals surface area contributed by atoms with Gasteiger partial charge in [0.15, 0.2) is 5.78 Å². The van der Waals surface area contributed by atoms with Crippen molar-refractivity contribution >= 4 is 11.9 Å². The fraction of sp³-hybridized carbons (Fsp3) is 0. The molecule has 2 aromatic carbocycles. The van der Waals surface area contributed by atoms with Crippen LogP contribution in [0.3, 0.4) is 0 Å². The number of aromatic hydroxyl groups is 5. The van der Waals surface area contributed by atoms with Crippen molar-refractivity contribution in [1.82, 2.24) is 0 Å². The van der Waals surface area contributed by atoms with Crippen LogP contribution in [-0.2, 0) is 0 Å². The largest absolute Gasteiger partial charge is 0.508 e. The lowest BCUT2D eigenvalue weighted by Crippen LogP contribution is -1.94. The molecule has 0 saturated heterocycles. The van der Waals surface area contributed by atoms with Gasteiger partial charge < -0.3 is 25.5 Å². The Bertz CT molecular complexity index is 710. The Morgan fingerprint density at radius 2 is 1.38 bits per heavy atom. The van der Waals surface area contributed by atoms with E-state index in [1.54, 1.807) is 0 Å². The highest BCUT2D eigenvalue weighted by atomic mass is 16.3. The zero-order chi connectivity index (χ0) is 15.6. The molecule has 2 rings (SSSR count). The zero-order valence-corrected chi connectivity index (χ0v) is 10.7. The van der Waals surface area contributed by atoms with Gasteiger partial charge in [0, 0.05) is 18.2 Å². The molecule has 0 aliphatic carbocycles. The number of phenols is 5. The number of rotatable bonds is 3. The quantitative estimate of drug-likeness (QED) is 0.436. The van der Waals surface area contributed by atoms with E-state index < -0.39 is 17.3 Å². The van der Waals surface area contributed by atoms with Crippen LogP contribution in [0, 0.1) is 0 Å². The summed E-state index contributed by atoms with van der Waals surface area (Å²) < 4.78 is 0. The van der Waals surface area contributed by atoms with Crippen LogP contribution in [0.5, 0.6) is 28.7 Å². The number of phenolic OH excluding ortho intramolecular Hbond substituents is 5. The minimum absolute atomic E-state index is 0.0400. The Hall–Kier alpha value is -3.15. The Labute approximate surface area is 119 Å². The van der Waals surface area contributed by atoms with E-state index in [1.165, 1.54) is 12.1 Å². The average Bonchev–Trinajstić information content (AvgIpc) is 2.36. The summed E-state index contributed by atoms with van der Waals surface area (Å²) in [4.78, 5) is 11.9. The van der Waals surface area contributed by atoms with Crippen LogP contribution in [0.25, 0.3) is 6.08 Å². The Balaban J connectivity index is 2.31. The van der Waals surface area contributed by atoms with E-state index in [0.717, 1.165) is 30.4 Å². The van der Waals surface area contributed by atoms with Crippen LogP contribution in [0.1, 0.15) is 15.9 Å². The third-order valence-electron chi connectivity index (χ3n) is 2.77. The molecule has 0 aliphatic heterocycles. The number of carbonyl (C=O) groups is 1. The molecule has 0 fully saturated rings. The molecular weight excluding hydrogens is 276 g/mol.